The Labute approximate surface area is 89.4 Å². The molecule has 0 unspecified atom stereocenters. The third-order valence-electron chi connectivity index (χ3n) is 1.77. The quantitative estimate of drug-likeness (QED) is 0.652. The topological polar surface area (TPSA) is 69.6 Å². The van der Waals surface area contributed by atoms with Crippen molar-refractivity contribution in [1.29, 1.82) is 0 Å². The number of rotatable bonds is 5. The number of aliphatic carboxylic acids is 1. The van der Waals surface area contributed by atoms with E-state index < -0.39 is 18.0 Å². The second-order valence-electron chi connectivity index (χ2n) is 3.14. The molecule has 0 heterocycles. The summed E-state index contributed by atoms with van der Waals surface area (Å²) in [4.78, 5) is 23.4. The average Bonchev–Trinajstić information content (AvgIpc) is 2.17. The van der Waals surface area contributed by atoms with E-state index in [-0.39, 0.29) is 6.54 Å². The number of hydrogen-bond acceptors (Lipinski definition) is 2. The van der Waals surface area contributed by atoms with Gasteiger partial charge in [0.05, 0.1) is 6.54 Å². The Morgan fingerprint density at radius 3 is 2.60 bits per heavy atom. The molecule has 15 heavy (non-hydrogen) atoms. The third-order valence-corrected chi connectivity index (χ3v) is 1.77. The standard InChI is InChI=1S/C10H16N2O3/c1-4-6-12(7-5-2)10(15)11-8(3)9(13)14/h1,8H,5-7H2,2-3H3,(H,11,15)(H,13,14)/t8-/m0/s1. The minimum absolute atomic E-state index is 0.187. The Hall–Kier alpha value is -1.70. The SMILES string of the molecule is C#CCN(CCC)C(=O)N[C@@H](C)C(=O)O. The summed E-state index contributed by atoms with van der Waals surface area (Å²) in [5, 5.41) is 10.9. The summed E-state index contributed by atoms with van der Waals surface area (Å²) in [7, 11) is 0. The van der Waals surface area contributed by atoms with Crippen molar-refractivity contribution in [3.63, 3.8) is 0 Å². The maximum Gasteiger partial charge on any atom is 0.325 e. The van der Waals surface area contributed by atoms with Gasteiger partial charge in [0.1, 0.15) is 6.04 Å². The lowest BCUT2D eigenvalue weighted by Crippen LogP contribution is -2.47. The second-order valence-corrected chi connectivity index (χ2v) is 3.14. The largest absolute Gasteiger partial charge is 0.480 e. The maximum atomic E-state index is 11.5. The van der Waals surface area contributed by atoms with Crippen LogP contribution in [0.25, 0.3) is 0 Å². The molecule has 0 radical (unpaired) electrons. The smallest absolute Gasteiger partial charge is 0.325 e. The monoisotopic (exact) mass is 212 g/mol. The van der Waals surface area contributed by atoms with Crippen molar-refractivity contribution in [2.75, 3.05) is 13.1 Å². The molecule has 5 nitrogen and oxygen atoms in total. The maximum absolute atomic E-state index is 11.5. The van der Waals surface area contributed by atoms with Crippen molar-refractivity contribution in [3.05, 3.63) is 0 Å². The highest BCUT2D eigenvalue weighted by Crippen LogP contribution is 1.93. The molecule has 0 aliphatic carbocycles. The van der Waals surface area contributed by atoms with Crippen molar-refractivity contribution in [3.8, 4) is 12.3 Å². The number of carbonyl (C=O) groups is 2. The Morgan fingerprint density at radius 2 is 2.20 bits per heavy atom. The van der Waals surface area contributed by atoms with Crippen LogP contribution in [-0.4, -0.2) is 41.1 Å². The molecule has 0 aromatic carbocycles. The van der Waals surface area contributed by atoms with Gasteiger partial charge in [-0.3, -0.25) is 4.79 Å². The van der Waals surface area contributed by atoms with Crippen LogP contribution in [0.15, 0.2) is 0 Å². The number of carbonyl (C=O) groups excluding carboxylic acids is 1. The predicted octanol–water partition coefficient (Wildman–Crippen LogP) is 0.514. The normalized spacial score (nSPS) is 11.3. The summed E-state index contributed by atoms with van der Waals surface area (Å²) < 4.78 is 0. The zero-order valence-electron chi connectivity index (χ0n) is 8.99. The molecule has 84 valence electrons. The number of terminal acetylenes is 1. The molecule has 2 amide bonds. The molecule has 0 bridgehead atoms. The highest BCUT2D eigenvalue weighted by atomic mass is 16.4. The molecule has 0 fully saturated rings. The van der Waals surface area contributed by atoms with Gasteiger partial charge in [0, 0.05) is 6.54 Å². The van der Waals surface area contributed by atoms with Crippen molar-refractivity contribution in [1.82, 2.24) is 10.2 Å². The molecule has 0 aliphatic heterocycles. The zero-order valence-corrected chi connectivity index (χ0v) is 8.99. The summed E-state index contributed by atoms with van der Waals surface area (Å²) >= 11 is 0. The Morgan fingerprint density at radius 1 is 1.60 bits per heavy atom. The molecule has 0 aromatic rings. The van der Waals surface area contributed by atoms with Gasteiger partial charge in [-0.05, 0) is 13.3 Å². The fourth-order valence-electron chi connectivity index (χ4n) is 0.971. The van der Waals surface area contributed by atoms with E-state index in [1.54, 1.807) is 0 Å². The minimum Gasteiger partial charge on any atom is -0.480 e. The van der Waals surface area contributed by atoms with Crippen LogP contribution in [0, 0.1) is 12.3 Å². The van der Waals surface area contributed by atoms with Gasteiger partial charge in [-0.1, -0.05) is 12.8 Å². The molecule has 0 saturated carbocycles. The zero-order chi connectivity index (χ0) is 11.8. The molecule has 2 N–H and O–H groups in total. The first-order valence-electron chi connectivity index (χ1n) is 4.74. The lowest BCUT2D eigenvalue weighted by molar-refractivity contribution is -0.138. The van der Waals surface area contributed by atoms with Gasteiger partial charge in [0.2, 0.25) is 0 Å². The number of urea groups is 1. The molecular formula is C10H16N2O3. The number of nitrogens with one attached hydrogen (secondary N) is 1. The van der Waals surface area contributed by atoms with Crippen LogP contribution >= 0.6 is 0 Å². The van der Waals surface area contributed by atoms with Gasteiger partial charge in [0.25, 0.3) is 0 Å². The van der Waals surface area contributed by atoms with Crippen LogP contribution in [0.4, 0.5) is 4.79 Å². The van der Waals surface area contributed by atoms with E-state index in [0.29, 0.717) is 6.54 Å². The molecule has 0 rings (SSSR count). The van der Waals surface area contributed by atoms with Gasteiger partial charge < -0.3 is 15.3 Å². The van der Waals surface area contributed by atoms with Gasteiger partial charge in [0.15, 0.2) is 0 Å². The van der Waals surface area contributed by atoms with E-state index in [4.69, 9.17) is 11.5 Å². The lowest BCUT2D eigenvalue weighted by Gasteiger charge is -2.21. The van der Waals surface area contributed by atoms with E-state index in [9.17, 15) is 9.59 Å². The molecule has 1 atom stereocenters. The van der Waals surface area contributed by atoms with E-state index in [1.165, 1.54) is 11.8 Å². The van der Waals surface area contributed by atoms with Crippen molar-refractivity contribution in [2.45, 2.75) is 26.3 Å². The van der Waals surface area contributed by atoms with Gasteiger partial charge >= 0.3 is 12.0 Å². The average molecular weight is 212 g/mol. The van der Waals surface area contributed by atoms with E-state index in [0.717, 1.165) is 6.42 Å². The number of hydrogen-bond donors (Lipinski definition) is 2. The van der Waals surface area contributed by atoms with Crippen molar-refractivity contribution in [2.24, 2.45) is 0 Å². The van der Waals surface area contributed by atoms with Crippen LogP contribution in [-0.2, 0) is 4.79 Å². The second kappa shape index (κ2) is 6.71. The number of carboxylic acids is 1. The summed E-state index contributed by atoms with van der Waals surface area (Å²) in [5.41, 5.74) is 0. The number of nitrogens with zero attached hydrogens (tertiary/aromatic N) is 1. The van der Waals surface area contributed by atoms with Gasteiger partial charge in [-0.15, -0.1) is 6.42 Å². The predicted molar refractivity (Wildman–Crippen MR) is 56.3 cm³/mol. The summed E-state index contributed by atoms with van der Waals surface area (Å²) in [6.45, 7) is 4.02. The summed E-state index contributed by atoms with van der Waals surface area (Å²) in [6.07, 6.45) is 5.87. The fraction of sp³-hybridized carbons (Fsp3) is 0.600. The Kier molecular flexibility index (Phi) is 5.95. The first-order valence-corrected chi connectivity index (χ1v) is 4.74. The van der Waals surface area contributed by atoms with Crippen molar-refractivity contribution < 1.29 is 14.7 Å². The van der Waals surface area contributed by atoms with Crippen LogP contribution < -0.4 is 5.32 Å². The molecule has 0 aliphatic rings. The Balaban J connectivity index is 4.26. The lowest BCUT2D eigenvalue weighted by atomic mass is 10.3. The molecule has 0 spiro atoms. The molecule has 0 aromatic heterocycles. The fourth-order valence-corrected chi connectivity index (χ4v) is 0.971. The highest BCUT2D eigenvalue weighted by Gasteiger charge is 2.17. The highest BCUT2D eigenvalue weighted by molar-refractivity contribution is 5.82. The summed E-state index contributed by atoms with van der Waals surface area (Å²) in [5.74, 6) is 1.28. The number of carboxylic acid groups (broad SMARTS) is 1. The van der Waals surface area contributed by atoms with E-state index in [2.05, 4.69) is 11.2 Å². The molecular weight excluding hydrogens is 196 g/mol. The van der Waals surface area contributed by atoms with Crippen LogP contribution in [0.2, 0.25) is 0 Å². The van der Waals surface area contributed by atoms with Crippen LogP contribution in [0.5, 0.6) is 0 Å². The third kappa shape index (κ3) is 4.91. The van der Waals surface area contributed by atoms with E-state index >= 15 is 0 Å². The molecule has 0 saturated heterocycles. The van der Waals surface area contributed by atoms with Gasteiger partial charge in [-0.25, -0.2) is 4.79 Å². The minimum atomic E-state index is -1.07. The van der Waals surface area contributed by atoms with Crippen LogP contribution in [0.3, 0.4) is 0 Å². The first-order chi connectivity index (χ1) is 7.02. The summed E-state index contributed by atoms with van der Waals surface area (Å²) in [6, 6.07) is -1.35. The van der Waals surface area contributed by atoms with E-state index in [1.807, 2.05) is 6.92 Å². The van der Waals surface area contributed by atoms with Crippen molar-refractivity contribution >= 4 is 12.0 Å². The molecule has 5 heteroatoms. The Bertz CT molecular complexity index is 270. The van der Waals surface area contributed by atoms with Gasteiger partial charge in [-0.2, -0.15) is 0 Å². The first kappa shape index (κ1) is 13.3. The number of amides is 2. The van der Waals surface area contributed by atoms with Crippen LogP contribution in [0.1, 0.15) is 20.3 Å².